The molecule has 1 aliphatic rings. The van der Waals surface area contributed by atoms with Crippen LogP contribution in [-0.4, -0.2) is 17.8 Å². The lowest BCUT2D eigenvalue weighted by Crippen LogP contribution is -2.31. The van der Waals surface area contributed by atoms with Crippen LogP contribution in [0.1, 0.15) is 44.5 Å². The van der Waals surface area contributed by atoms with Gasteiger partial charge in [0.25, 0.3) is 0 Å². The predicted octanol–water partition coefficient (Wildman–Crippen LogP) is 2.50. The van der Waals surface area contributed by atoms with E-state index in [9.17, 15) is 0 Å². The van der Waals surface area contributed by atoms with Crippen LogP contribution in [0.5, 0.6) is 0 Å². The third kappa shape index (κ3) is 2.55. The first-order chi connectivity index (χ1) is 7.93. The summed E-state index contributed by atoms with van der Waals surface area (Å²) in [6.07, 6.45) is 4.58. The van der Waals surface area contributed by atoms with Crippen LogP contribution in [0, 0.1) is 5.41 Å². The van der Waals surface area contributed by atoms with Crippen LogP contribution >= 0.6 is 0 Å². The summed E-state index contributed by atoms with van der Waals surface area (Å²) >= 11 is 0. The monoisotopic (exact) mass is 236 g/mol. The van der Waals surface area contributed by atoms with Crippen LogP contribution in [0.15, 0.2) is 12.3 Å². The van der Waals surface area contributed by atoms with Crippen LogP contribution in [-0.2, 0) is 17.7 Å². The van der Waals surface area contributed by atoms with Gasteiger partial charge in [-0.3, -0.25) is 0 Å². The highest BCUT2D eigenvalue weighted by Crippen LogP contribution is 2.39. The molecule has 1 aliphatic carbocycles. The first-order valence-electron chi connectivity index (χ1n) is 6.39. The summed E-state index contributed by atoms with van der Waals surface area (Å²) in [4.78, 5) is 0. The summed E-state index contributed by atoms with van der Waals surface area (Å²) in [6.45, 7) is 7.61. The fourth-order valence-corrected chi connectivity index (χ4v) is 2.82. The maximum absolute atomic E-state index is 6.25. The van der Waals surface area contributed by atoms with Crippen molar-refractivity contribution in [3.8, 4) is 0 Å². The van der Waals surface area contributed by atoms with Crippen molar-refractivity contribution >= 4 is 0 Å². The van der Waals surface area contributed by atoms with Gasteiger partial charge < -0.3 is 15.0 Å². The maximum Gasteiger partial charge on any atom is 0.0722 e. The van der Waals surface area contributed by atoms with Crippen molar-refractivity contribution in [3.05, 3.63) is 23.5 Å². The lowest BCUT2D eigenvalue weighted by molar-refractivity contribution is 0.101. The molecule has 0 saturated heterocycles. The number of aromatic nitrogens is 1. The molecule has 2 atom stereocenters. The third-order valence-electron chi connectivity index (χ3n) is 3.79. The molecule has 3 heteroatoms. The molecule has 0 radical (unpaired) electrons. The number of hydrogen-bond acceptors (Lipinski definition) is 2. The van der Waals surface area contributed by atoms with Gasteiger partial charge in [-0.1, -0.05) is 13.8 Å². The molecule has 1 aromatic rings. The van der Waals surface area contributed by atoms with Gasteiger partial charge in [-0.25, -0.2) is 0 Å². The number of fused-ring (bicyclic) bond motifs is 1. The lowest BCUT2D eigenvalue weighted by Gasteiger charge is -2.34. The van der Waals surface area contributed by atoms with Crippen LogP contribution in [0.25, 0.3) is 0 Å². The molecular formula is C14H24N2O. The molecule has 0 saturated carbocycles. The van der Waals surface area contributed by atoms with Gasteiger partial charge in [-0.05, 0) is 36.8 Å². The van der Waals surface area contributed by atoms with Gasteiger partial charge in [0.1, 0.15) is 0 Å². The van der Waals surface area contributed by atoms with Crippen molar-refractivity contribution in [1.29, 1.82) is 0 Å². The molecule has 0 fully saturated rings. The van der Waals surface area contributed by atoms with Crippen molar-refractivity contribution in [1.82, 2.24) is 4.57 Å². The topological polar surface area (TPSA) is 40.2 Å². The molecule has 3 nitrogen and oxygen atoms in total. The van der Waals surface area contributed by atoms with Crippen molar-refractivity contribution in [2.75, 3.05) is 7.11 Å². The van der Waals surface area contributed by atoms with E-state index in [4.69, 9.17) is 10.5 Å². The number of nitrogens with two attached hydrogens (primary N) is 1. The number of hydrogen-bond donors (Lipinski definition) is 1. The predicted molar refractivity (Wildman–Crippen MR) is 69.9 cm³/mol. The Labute approximate surface area is 104 Å². The van der Waals surface area contributed by atoms with E-state index in [2.05, 4.69) is 37.6 Å². The first-order valence-corrected chi connectivity index (χ1v) is 6.39. The average molecular weight is 236 g/mol. The molecule has 0 bridgehead atoms. The summed E-state index contributed by atoms with van der Waals surface area (Å²) in [5, 5.41) is 0. The minimum atomic E-state index is 0.188. The van der Waals surface area contributed by atoms with Gasteiger partial charge >= 0.3 is 0 Å². The Morgan fingerprint density at radius 2 is 2.29 bits per heavy atom. The van der Waals surface area contributed by atoms with Gasteiger partial charge in [0.2, 0.25) is 0 Å². The second-order valence-corrected chi connectivity index (χ2v) is 6.07. The zero-order valence-electron chi connectivity index (χ0n) is 11.4. The standard InChI is InChI=1S/C14H24N2O/c1-10(17-4)9-16-6-5-11-12(15)7-14(2,3)8-13(11)16/h5-6,10,12H,7-9,15H2,1-4H3. The quantitative estimate of drug-likeness (QED) is 0.876. The Morgan fingerprint density at radius 1 is 1.59 bits per heavy atom. The second-order valence-electron chi connectivity index (χ2n) is 6.07. The SMILES string of the molecule is COC(C)Cn1ccc2c1CC(C)(C)CC2N. The maximum atomic E-state index is 6.25. The molecule has 2 unspecified atom stereocenters. The van der Waals surface area contributed by atoms with Crippen molar-refractivity contribution < 1.29 is 4.74 Å². The Bertz CT molecular complexity index is 395. The van der Waals surface area contributed by atoms with Crippen LogP contribution < -0.4 is 5.73 Å². The molecule has 0 amide bonds. The Hall–Kier alpha value is -0.800. The molecule has 2 rings (SSSR count). The fraction of sp³-hybridized carbons (Fsp3) is 0.714. The highest BCUT2D eigenvalue weighted by Gasteiger charge is 2.32. The summed E-state index contributed by atoms with van der Waals surface area (Å²) in [7, 11) is 1.76. The molecule has 2 N–H and O–H groups in total. The molecule has 96 valence electrons. The van der Waals surface area contributed by atoms with E-state index in [-0.39, 0.29) is 12.1 Å². The zero-order valence-corrected chi connectivity index (χ0v) is 11.4. The van der Waals surface area contributed by atoms with Gasteiger partial charge in [-0.2, -0.15) is 0 Å². The normalized spacial score (nSPS) is 24.4. The fourth-order valence-electron chi connectivity index (χ4n) is 2.82. The Morgan fingerprint density at radius 3 is 2.94 bits per heavy atom. The average Bonchev–Trinajstić information content (AvgIpc) is 2.60. The van der Waals surface area contributed by atoms with Gasteiger partial charge in [0.05, 0.1) is 6.10 Å². The van der Waals surface area contributed by atoms with Crippen LogP contribution in [0.2, 0.25) is 0 Å². The van der Waals surface area contributed by atoms with E-state index < -0.39 is 0 Å². The molecule has 0 aliphatic heterocycles. The third-order valence-corrected chi connectivity index (χ3v) is 3.79. The summed E-state index contributed by atoms with van der Waals surface area (Å²) in [5.74, 6) is 0. The minimum Gasteiger partial charge on any atom is -0.380 e. The largest absolute Gasteiger partial charge is 0.380 e. The van der Waals surface area contributed by atoms with Crippen molar-refractivity contribution in [3.63, 3.8) is 0 Å². The zero-order chi connectivity index (χ0) is 12.6. The lowest BCUT2D eigenvalue weighted by atomic mass is 9.74. The van der Waals surface area contributed by atoms with Crippen molar-refractivity contribution in [2.24, 2.45) is 11.1 Å². The van der Waals surface area contributed by atoms with Crippen LogP contribution in [0.4, 0.5) is 0 Å². The highest BCUT2D eigenvalue weighted by molar-refractivity contribution is 5.30. The Balaban J connectivity index is 2.27. The van der Waals surface area contributed by atoms with E-state index in [1.807, 2.05) is 0 Å². The minimum absolute atomic E-state index is 0.188. The molecule has 0 spiro atoms. The molecular weight excluding hydrogens is 212 g/mol. The highest BCUT2D eigenvalue weighted by atomic mass is 16.5. The van der Waals surface area contributed by atoms with E-state index in [1.165, 1.54) is 11.3 Å². The second kappa shape index (κ2) is 4.46. The van der Waals surface area contributed by atoms with Gasteiger partial charge in [0.15, 0.2) is 0 Å². The van der Waals surface area contributed by atoms with Gasteiger partial charge in [0, 0.05) is 31.6 Å². The smallest absolute Gasteiger partial charge is 0.0722 e. The van der Waals surface area contributed by atoms with E-state index in [0.717, 1.165) is 19.4 Å². The van der Waals surface area contributed by atoms with E-state index in [0.29, 0.717) is 5.41 Å². The molecule has 1 heterocycles. The number of ether oxygens (including phenoxy) is 1. The number of nitrogens with zero attached hydrogens (tertiary/aromatic N) is 1. The first kappa shape index (κ1) is 12.7. The van der Waals surface area contributed by atoms with E-state index >= 15 is 0 Å². The van der Waals surface area contributed by atoms with Crippen molar-refractivity contribution in [2.45, 2.75) is 52.3 Å². The van der Waals surface area contributed by atoms with E-state index in [1.54, 1.807) is 7.11 Å². The summed E-state index contributed by atoms with van der Waals surface area (Å²) in [5.41, 5.74) is 9.29. The summed E-state index contributed by atoms with van der Waals surface area (Å²) in [6, 6.07) is 2.37. The number of methoxy groups -OCH3 is 1. The Kier molecular flexibility index (Phi) is 3.32. The molecule has 0 aromatic carbocycles. The molecule has 17 heavy (non-hydrogen) atoms. The number of rotatable bonds is 3. The van der Waals surface area contributed by atoms with Crippen LogP contribution in [0.3, 0.4) is 0 Å². The molecule has 1 aromatic heterocycles. The van der Waals surface area contributed by atoms with Gasteiger partial charge in [-0.15, -0.1) is 0 Å². The summed E-state index contributed by atoms with van der Waals surface area (Å²) < 4.78 is 7.65.